The topological polar surface area (TPSA) is 61.8 Å². The second-order valence-corrected chi connectivity index (χ2v) is 5.56. The fourth-order valence-electron chi connectivity index (χ4n) is 2.77. The third-order valence-corrected chi connectivity index (χ3v) is 4.21. The Bertz CT molecular complexity index is 433. The van der Waals surface area contributed by atoms with Crippen LogP contribution in [0.25, 0.3) is 0 Å². The van der Waals surface area contributed by atoms with E-state index < -0.39 is 0 Å². The molecule has 4 nitrogen and oxygen atoms in total. The summed E-state index contributed by atoms with van der Waals surface area (Å²) in [7, 11) is 2.15. The third kappa shape index (κ3) is 3.19. The molecule has 2 rings (SSSR count). The van der Waals surface area contributed by atoms with Gasteiger partial charge in [0.15, 0.2) is 5.84 Å². The van der Waals surface area contributed by atoms with Gasteiger partial charge in [0, 0.05) is 24.3 Å². The summed E-state index contributed by atoms with van der Waals surface area (Å²) in [4.78, 5) is 2.35. The molecular weight excluding hydrogens is 238 g/mol. The number of anilines is 1. The van der Waals surface area contributed by atoms with Gasteiger partial charge in [-0.3, -0.25) is 0 Å². The number of nitrogens with two attached hydrogens (primary N) is 1. The Kier molecular flexibility index (Phi) is 4.30. The molecule has 0 radical (unpaired) electrons. The van der Waals surface area contributed by atoms with Crippen molar-refractivity contribution in [1.82, 2.24) is 0 Å². The van der Waals surface area contributed by atoms with E-state index in [1.54, 1.807) is 0 Å². The second-order valence-electron chi connectivity index (χ2n) is 5.56. The molecule has 0 heterocycles. The Morgan fingerprint density at radius 3 is 2.32 bits per heavy atom. The van der Waals surface area contributed by atoms with E-state index >= 15 is 0 Å². The van der Waals surface area contributed by atoms with E-state index in [0.717, 1.165) is 11.5 Å². The molecule has 4 heteroatoms. The van der Waals surface area contributed by atoms with E-state index in [-0.39, 0.29) is 5.84 Å². The maximum Gasteiger partial charge on any atom is 0.170 e. The molecule has 0 amide bonds. The lowest BCUT2D eigenvalue weighted by Gasteiger charge is -2.35. The highest BCUT2D eigenvalue weighted by Gasteiger charge is 2.21. The molecule has 1 aromatic rings. The average molecular weight is 261 g/mol. The predicted octanol–water partition coefficient (Wildman–Crippen LogP) is 2.80. The molecule has 1 saturated carbocycles. The zero-order valence-corrected chi connectivity index (χ0v) is 11.7. The first kappa shape index (κ1) is 13.7. The van der Waals surface area contributed by atoms with Crippen molar-refractivity contribution in [2.45, 2.75) is 38.6 Å². The summed E-state index contributed by atoms with van der Waals surface area (Å²) < 4.78 is 0. The molecule has 3 N–H and O–H groups in total. The molecule has 0 unspecified atom stereocenters. The molecule has 0 atom stereocenters. The number of hydrogen-bond acceptors (Lipinski definition) is 3. The minimum absolute atomic E-state index is 0.153. The lowest BCUT2D eigenvalue weighted by atomic mass is 9.86. The summed E-state index contributed by atoms with van der Waals surface area (Å²) in [6.45, 7) is 2.34. The number of nitrogens with zero attached hydrogens (tertiary/aromatic N) is 2. The summed E-state index contributed by atoms with van der Waals surface area (Å²) in [6, 6.07) is 8.49. The van der Waals surface area contributed by atoms with Gasteiger partial charge in [-0.25, -0.2) is 0 Å². The van der Waals surface area contributed by atoms with Crippen molar-refractivity contribution in [2.24, 2.45) is 16.8 Å². The Labute approximate surface area is 114 Å². The van der Waals surface area contributed by atoms with E-state index in [0.29, 0.717) is 6.04 Å². The minimum Gasteiger partial charge on any atom is -0.409 e. The van der Waals surface area contributed by atoms with Crippen LogP contribution in [0.15, 0.2) is 29.4 Å². The summed E-state index contributed by atoms with van der Waals surface area (Å²) in [6.07, 6.45) is 5.16. The Hall–Kier alpha value is -1.71. The van der Waals surface area contributed by atoms with Gasteiger partial charge in [0.2, 0.25) is 0 Å². The maximum atomic E-state index is 8.65. The quantitative estimate of drug-likeness (QED) is 0.380. The molecule has 0 aliphatic heterocycles. The highest BCUT2D eigenvalue weighted by Crippen LogP contribution is 2.29. The van der Waals surface area contributed by atoms with Gasteiger partial charge in [0.1, 0.15) is 0 Å². The van der Waals surface area contributed by atoms with Crippen LogP contribution in [0.3, 0.4) is 0 Å². The maximum absolute atomic E-state index is 8.65. The van der Waals surface area contributed by atoms with Crippen LogP contribution in [0, 0.1) is 5.92 Å². The van der Waals surface area contributed by atoms with Crippen LogP contribution in [0.5, 0.6) is 0 Å². The lowest BCUT2D eigenvalue weighted by Crippen LogP contribution is -2.34. The van der Waals surface area contributed by atoms with Gasteiger partial charge in [0.25, 0.3) is 0 Å². The van der Waals surface area contributed by atoms with Crippen molar-refractivity contribution in [1.29, 1.82) is 0 Å². The highest BCUT2D eigenvalue weighted by atomic mass is 16.4. The number of oxime groups is 1. The van der Waals surface area contributed by atoms with E-state index in [4.69, 9.17) is 10.9 Å². The monoisotopic (exact) mass is 261 g/mol. The third-order valence-electron chi connectivity index (χ3n) is 4.21. The summed E-state index contributed by atoms with van der Waals surface area (Å²) in [5, 5.41) is 11.7. The smallest absolute Gasteiger partial charge is 0.170 e. The highest BCUT2D eigenvalue weighted by molar-refractivity contribution is 5.97. The van der Waals surface area contributed by atoms with Crippen LogP contribution in [-0.2, 0) is 0 Å². The largest absolute Gasteiger partial charge is 0.409 e. The van der Waals surface area contributed by atoms with Crippen molar-refractivity contribution in [2.75, 3.05) is 11.9 Å². The number of hydrogen-bond donors (Lipinski definition) is 2. The standard InChI is InChI=1S/C15H23N3O/c1-11-3-7-13(8-4-11)18(2)14-9-5-12(6-10-14)15(16)17-19/h5-6,9-11,13,19H,3-4,7-8H2,1-2H3,(H2,16,17). The van der Waals surface area contributed by atoms with Crippen molar-refractivity contribution in [3.05, 3.63) is 29.8 Å². The Balaban J connectivity index is 2.05. The predicted molar refractivity (Wildman–Crippen MR) is 78.8 cm³/mol. The molecule has 1 aliphatic rings. The van der Waals surface area contributed by atoms with Crippen LogP contribution in [0.4, 0.5) is 5.69 Å². The van der Waals surface area contributed by atoms with E-state index in [9.17, 15) is 0 Å². The fourth-order valence-corrected chi connectivity index (χ4v) is 2.77. The van der Waals surface area contributed by atoms with Crippen molar-refractivity contribution in [3.8, 4) is 0 Å². The second kappa shape index (κ2) is 5.95. The normalized spacial score (nSPS) is 24.2. The van der Waals surface area contributed by atoms with Gasteiger partial charge in [-0.1, -0.05) is 12.1 Å². The fraction of sp³-hybridized carbons (Fsp3) is 0.533. The average Bonchev–Trinajstić information content (AvgIpc) is 2.46. The molecule has 104 valence electrons. The molecular formula is C15H23N3O. The molecule has 0 aromatic heterocycles. The number of amidine groups is 1. The zero-order chi connectivity index (χ0) is 13.8. The van der Waals surface area contributed by atoms with Gasteiger partial charge in [0.05, 0.1) is 0 Å². The zero-order valence-electron chi connectivity index (χ0n) is 11.7. The molecule has 1 aromatic carbocycles. The van der Waals surface area contributed by atoms with Gasteiger partial charge in [-0.2, -0.15) is 0 Å². The first-order valence-corrected chi connectivity index (χ1v) is 6.92. The van der Waals surface area contributed by atoms with Crippen LogP contribution in [0.1, 0.15) is 38.2 Å². The van der Waals surface area contributed by atoms with Gasteiger partial charge in [-0.05, 0) is 55.9 Å². The van der Waals surface area contributed by atoms with E-state index in [1.165, 1.54) is 31.4 Å². The summed E-state index contributed by atoms with van der Waals surface area (Å²) in [5.74, 6) is 1.02. The molecule has 0 spiro atoms. The number of rotatable bonds is 3. The first-order valence-electron chi connectivity index (χ1n) is 6.92. The number of benzene rings is 1. The van der Waals surface area contributed by atoms with Crippen molar-refractivity contribution >= 4 is 11.5 Å². The summed E-state index contributed by atoms with van der Waals surface area (Å²) in [5.41, 5.74) is 7.50. The molecule has 19 heavy (non-hydrogen) atoms. The Morgan fingerprint density at radius 1 is 1.21 bits per heavy atom. The van der Waals surface area contributed by atoms with Crippen molar-refractivity contribution in [3.63, 3.8) is 0 Å². The van der Waals surface area contributed by atoms with Crippen LogP contribution < -0.4 is 10.6 Å². The Morgan fingerprint density at radius 2 is 1.79 bits per heavy atom. The van der Waals surface area contributed by atoms with Gasteiger partial charge >= 0.3 is 0 Å². The van der Waals surface area contributed by atoms with E-state index in [1.807, 2.05) is 24.3 Å². The van der Waals surface area contributed by atoms with Crippen LogP contribution >= 0.6 is 0 Å². The molecule has 0 saturated heterocycles. The first-order chi connectivity index (χ1) is 9.11. The van der Waals surface area contributed by atoms with Crippen molar-refractivity contribution < 1.29 is 5.21 Å². The minimum atomic E-state index is 0.153. The SMILES string of the molecule is CC1CCC(N(C)c2ccc(/C(N)=N/O)cc2)CC1. The van der Waals surface area contributed by atoms with E-state index in [2.05, 4.69) is 24.0 Å². The van der Waals surface area contributed by atoms with Crippen LogP contribution in [-0.4, -0.2) is 24.1 Å². The lowest BCUT2D eigenvalue weighted by molar-refractivity contribution is 0.318. The van der Waals surface area contributed by atoms with Gasteiger partial charge < -0.3 is 15.8 Å². The van der Waals surface area contributed by atoms with Gasteiger partial charge in [-0.15, -0.1) is 0 Å². The molecule has 0 bridgehead atoms. The summed E-state index contributed by atoms with van der Waals surface area (Å²) >= 11 is 0. The van der Waals surface area contributed by atoms with Crippen LogP contribution in [0.2, 0.25) is 0 Å². The molecule has 1 fully saturated rings. The molecule has 1 aliphatic carbocycles.